The highest BCUT2D eigenvalue weighted by Crippen LogP contribution is 2.18. The monoisotopic (exact) mass is 223 g/mol. The SMILES string of the molecule is O=C1CN=C(Br)c2ccccc21. The maximum absolute atomic E-state index is 11.3. The maximum Gasteiger partial charge on any atom is 0.184 e. The first kappa shape index (κ1) is 7.68. The third-order valence-electron chi connectivity index (χ3n) is 1.81. The van der Waals surface area contributed by atoms with Crippen LogP contribution >= 0.6 is 15.9 Å². The van der Waals surface area contributed by atoms with Crippen molar-refractivity contribution in [1.29, 1.82) is 0 Å². The minimum absolute atomic E-state index is 0.0915. The minimum Gasteiger partial charge on any atom is -0.292 e. The summed E-state index contributed by atoms with van der Waals surface area (Å²) in [6, 6.07) is 7.48. The topological polar surface area (TPSA) is 29.4 Å². The highest BCUT2D eigenvalue weighted by atomic mass is 79.9. The fraction of sp³-hybridized carbons (Fsp3) is 0.111. The lowest BCUT2D eigenvalue weighted by molar-refractivity contribution is 0.100. The summed E-state index contributed by atoms with van der Waals surface area (Å²) in [7, 11) is 0. The van der Waals surface area contributed by atoms with Gasteiger partial charge in [-0.05, 0) is 15.9 Å². The molecule has 0 aliphatic carbocycles. The lowest BCUT2D eigenvalue weighted by Crippen LogP contribution is -2.15. The smallest absolute Gasteiger partial charge is 0.184 e. The number of ketones is 1. The normalized spacial score (nSPS) is 15.4. The van der Waals surface area contributed by atoms with E-state index in [4.69, 9.17) is 0 Å². The van der Waals surface area contributed by atoms with Crippen LogP contribution in [-0.2, 0) is 0 Å². The Kier molecular flexibility index (Phi) is 1.81. The Hall–Kier alpha value is -0.960. The number of benzene rings is 1. The summed E-state index contributed by atoms with van der Waals surface area (Å²) in [5, 5.41) is 0. The van der Waals surface area contributed by atoms with E-state index in [-0.39, 0.29) is 12.3 Å². The second-order valence-electron chi connectivity index (χ2n) is 2.58. The molecule has 0 unspecified atom stereocenters. The molecule has 0 aromatic heterocycles. The standard InChI is InChI=1S/C9H6BrNO/c10-9-7-4-2-1-3-6(7)8(12)5-11-9/h1-4H,5H2. The molecule has 1 aromatic rings. The molecule has 3 heteroatoms. The Labute approximate surface area is 78.4 Å². The molecule has 0 saturated heterocycles. The van der Waals surface area contributed by atoms with E-state index < -0.39 is 0 Å². The van der Waals surface area contributed by atoms with Gasteiger partial charge in [-0.2, -0.15) is 0 Å². The van der Waals surface area contributed by atoms with E-state index in [1.807, 2.05) is 24.3 Å². The molecule has 1 heterocycles. The number of Topliss-reactive ketones (excluding diaryl/α,β-unsaturated/α-hetero) is 1. The summed E-state index contributed by atoms with van der Waals surface area (Å²) in [6.45, 7) is 0.262. The first-order valence-corrected chi connectivity index (χ1v) is 4.41. The summed E-state index contributed by atoms with van der Waals surface area (Å²) < 4.78 is 0.776. The first-order chi connectivity index (χ1) is 5.79. The average molecular weight is 224 g/mol. The Balaban J connectivity index is 2.66. The van der Waals surface area contributed by atoms with Gasteiger partial charge in [0, 0.05) is 11.1 Å². The predicted octanol–water partition coefficient (Wildman–Crippen LogP) is 2.02. The number of fused-ring (bicyclic) bond motifs is 1. The predicted molar refractivity (Wildman–Crippen MR) is 51.1 cm³/mol. The summed E-state index contributed by atoms with van der Waals surface area (Å²) in [5.74, 6) is 0.0915. The van der Waals surface area contributed by atoms with Crippen LogP contribution in [0.1, 0.15) is 15.9 Å². The lowest BCUT2D eigenvalue weighted by atomic mass is 10.0. The molecular formula is C9H6BrNO. The van der Waals surface area contributed by atoms with Crippen molar-refractivity contribution < 1.29 is 4.79 Å². The molecule has 1 aromatic carbocycles. The van der Waals surface area contributed by atoms with Gasteiger partial charge in [0.05, 0.1) is 0 Å². The average Bonchev–Trinajstić information content (AvgIpc) is 2.12. The van der Waals surface area contributed by atoms with Gasteiger partial charge >= 0.3 is 0 Å². The fourth-order valence-electron chi connectivity index (χ4n) is 1.22. The Morgan fingerprint density at radius 1 is 1.25 bits per heavy atom. The molecule has 0 atom stereocenters. The van der Waals surface area contributed by atoms with E-state index in [1.54, 1.807) is 0 Å². The van der Waals surface area contributed by atoms with E-state index in [0.717, 1.165) is 15.7 Å². The summed E-state index contributed by atoms with van der Waals surface area (Å²) in [4.78, 5) is 15.3. The number of carbonyl (C=O) groups is 1. The van der Waals surface area contributed by atoms with Crippen LogP contribution in [0.25, 0.3) is 0 Å². The minimum atomic E-state index is 0.0915. The van der Waals surface area contributed by atoms with Gasteiger partial charge < -0.3 is 0 Å². The van der Waals surface area contributed by atoms with Gasteiger partial charge in [-0.1, -0.05) is 24.3 Å². The molecule has 0 fully saturated rings. The molecule has 0 saturated carbocycles. The highest BCUT2D eigenvalue weighted by molar-refractivity contribution is 9.18. The van der Waals surface area contributed by atoms with Gasteiger partial charge in [0.1, 0.15) is 11.2 Å². The van der Waals surface area contributed by atoms with Crippen molar-refractivity contribution in [3.63, 3.8) is 0 Å². The summed E-state index contributed by atoms with van der Waals surface area (Å²) in [6.07, 6.45) is 0. The third-order valence-corrected chi connectivity index (χ3v) is 2.49. The summed E-state index contributed by atoms with van der Waals surface area (Å²) in [5.41, 5.74) is 1.66. The van der Waals surface area contributed by atoms with Crippen LogP contribution in [0.15, 0.2) is 29.3 Å². The van der Waals surface area contributed by atoms with E-state index >= 15 is 0 Å². The van der Waals surface area contributed by atoms with Gasteiger partial charge in [-0.15, -0.1) is 0 Å². The van der Waals surface area contributed by atoms with Gasteiger partial charge in [-0.25, -0.2) is 0 Å². The van der Waals surface area contributed by atoms with Crippen LogP contribution in [0.5, 0.6) is 0 Å². The molecular weight excluding hydrogens is 218 g/mol. The van der Waals surface area contributed by atoms with Crippen LogP contribution in [-0.4, -0.2) is 16.9 Å². The zero-order chi connectivity index (χ0) is 8.55. The zero-order valence-corrected chi connectivity index (χ0v) is 7.84. The molecule has 0 spiro atoms. The van der Waals surface area contributed by atoms with Crippen molar-refractivity contribution in [2.75, 3.05) is 6.54 Å². The Bertz CT molecular complexity index is 371. The zero-order valence-electron chi connectivity index (χ0n) is 6.25. The van der Waals surface area contributed by atoms with Gasteiger partial charge in [0.2, 0.25) is 0 Å². The van der Waals surface area contributed by atoms with Crippen molar-refractivity contribution >= 4 is 26.3 Å². The Morgan fingerprint density at radius 2 is 1.92 bits per heavy atom. The number of hydrogen-bond donors (Lipinski definition) is 0. The van der Waals surface area contributed by atoms with Crippen LogP contribution in [0.2, 0.25) is 0 Å². The number of rotatable bonds is 0. The van der Waals surface area contributed by atoms with Crippen molar-refractivity contribution in [2.45, 2.75) is 0 Å². The van der Waals surface area contributed by atoms with E-state index in [2.05, 4.69) is 20.9 Å². The highest BCUT2D eigenvalue weighted by Gasteiger charge is 2.17. The molecule has 0 N–H and O–H groups in total. The number of hydrogen-bond acceptors (Lipinski definition) is 2. The number of nitrogens with zero attached hydrogens (tertiary/aromatic N) is 1. The number of carbonyl (C=O) groups excluding carboxylic acids is 1. The van der Waals surface area contributed by atoms with Crippen LogP contribution in [0, 0.1) is 0 Å². The number of halogens is 1. The molecule has 2 rings (SSSR count). The quantitative estimate of drug-likeness (QED) is 0.662. The van der Waals surface area contributed by atoms with Gasteiger partial charge in [-0.3, -0.25) is 9.79 Å². The fourth-order valence-corrected chi connectivity index (χ4v) is 1.69. The molecule has 1 aliphatic heterocycles. The molecule has 1 aliphatic rings. The molecule has 60 valence electrons. The molecule has 0 bridgehead atoms. The lowest BCUT2D eigenvalue weighted by Gasteiger charge is -2.10. The van der Waals surface area contributed by atoms with E-state index in [9.17, 15) is 4.79 Å². The van der Waals surface area contributed by atoms with Crippen molar-refractivity contribution in [1.82, 2.24) is 0 Å². The van der Waals surface area contributed by atoms with Gasteiger partial charge in [0.25, 0.3) is 0 Å². The second kappa shape index (κ2) is 2.83. The van der Waals surface area contributed by atoms with Gasteiger partial charge in [0.15, 0.2) is 5.78 Å². The van der Waals surface area contributed by atoms with E-state index in [0.29, 0.717) is 0 Å². The number of aliphatic imine (C=N–C) groups is 1. The molecule has 0 radical (unpaired) electrons. The summed E-state index contributed by atoms with van der Waals surface area (Å²) >= 11 is 3.31. The Morgan fingerprint density at radius 3 is 2.58 bits per heavy atom. The third kappa shape index (κ3) is 1.10. The molecule has 12 heavy (non-hydrogen) atoms. The molecule has 0 amide bonds. The molecule has 2 nitrogen and oxygen atoms in total. The van der Waals surface area contributed by atoms with Crippen molar-refractivity contribution in [3.8, 4) is 0 Å². The maximum atomic E-state index is 11.3. The first-order valence-electron chi connectivity index (χ1n) is 3.61. The van der Waals surface area contributed by atoms with Crippen molar-refractivity contribution in [2.24, 2.45) is 4.99 Å². The second-order valence-corrected chi connectivity index (χ2v) is 3.33. The van der Waals surface area contributed by atoms with Crippen LogP contribution in [0.4, 0.5) is 0 Å². The largest absolute Gasteiger partial charge is 0.292 e. The van der Waals surface area contributed by atoms with Crippen LogP contribution < -0.4 is 0 Å². The van der Waals surface area contributed by atoms with E-state index in [1.165, 1.54) is 0 Å². The van der Waals surface area contributed by atoms with Crippen molar-refractivity contribution in [3.05, 3.63) is 35.4 Å². The van der Waals surface area contributed by atoms with Crippen LogP contribution in [0.3, 0.4) is 0 Å².